The first-order valence-corrected chi connectivity index (χ1v) is 5.66. The fourth-order valence-corrected chi connectivity index (χ4v) is 1.89. The first-order valence-electron chi connectivity index (χ1n) is 5.66. The standard InChI is InChI=1S/C12H18N2O2/c1-9(13)12(10-2-5-14-6-3-10)16-11-4-7-15-8-11/h2-3,5-6,9,11-12H,4,7-8,13H2,1H3. The Morgan fingerprint density at radius 1 is 1.50 bits per heavy atom. The largest absolute Gasteiger partial charge is 0.379 e. The molecule has 0 saturated carbocycles. The molecule has 1 aliphatic rings. The van der Waals surface area contributed by atoms with E-state index in [-0.39, 0.29) is 18.2 Å². The molecule has 4 nitrogen and oxygen atoms in total. The number of aromatic nitrogens is 1. The zero-order valence-corrected chi connectivity index (χ0v) is 9.50. The van der Waals surface area contributed by atoms with Crippen molar-refractivity contribution in [3.8, 4) is 0 Å². The van der Waals surface area contributed by atoms with Crippen LogP contribution >= 0.6 is 0 Å². The molecule has 1 aromatic heterocycles. The molecular weight excluding hydrogens is 204 g/mol. The molecule has 1 aromatic rings. The van der Waals surface area contributed by atoms with E-state index < -0.39 is 0 Å². The van der Waals surface area contributed by atoms with Gasteiger partial charge >= 0.3 is 0 Å². The zero-order valence-electron chi connectivity index (χ0n) is 9.50. The van der Waals surface area contributed by atoms with Gasteiger partial charge in [0, 0.05) is 25.0 Å². The summed E-state index contributed by atoms with van der Waals surface area (Å²) < 4.78 is 11.3. The van der Waals surface area contributed by atoms with E-state index in [0.29, 0.717) is 6.61 Å². The molecule has 2 N–H and O–H groups in total. The summed E-state index contributed by atoms with van der Waals surface area (Å²) in [5.41, 5.74) is 7.04. The normalized spacial score (nSPS) is 24.2. The molecule has 0 amide bonds. The molecule has 0 spiro atoms. The van der Waals surface area contributed by atoms with Crippen molar-refractivity contribution in [3.63, 3.8) is 0 Å². The maximum absolute atomic E-state index is 5.98. The Labute approximate surface area is 95.8 Å². The van der Waals surface area contributed by atoms with Gasteiger partial charge in [-0.1, -0.05) is 0 Å². The molecule has 16 heavy (non-hydrogen) atoms. The van der Waals surface area contributed by atoms with Crippen molar-refractivity contribution in [2.75, 3.05) is 13.2 Å². The Hall–Kier alpha value is -0.970. The van der Waals surface area contributed by atoms with Crippen LogP contribution in [-0.4, -0.2) is 30.3 Å². The van der Waals surface area contributed by atoms with Gasteiger partial charge in [0.25, 0.3) is 0 Å². The highest BCUT2D eigenvalue weighted by atomic mass is 16.6. The molecule has 3 unspecified atom stereocenters. The van der Waals surface area contributed by atoms with E-state index in [9.17, 15) is 0 Å². The van der Waals surface area contributed by atoms with Gasteiger partial charge in [0.15, 0.2) is 0 Å². The highest BCUT2D eigenvalue weighted by Gasteiger charge is 2.24. The van der Waals surface area contributed by atoms with Crippen molar-refractivity contribution in [1.29, 1.82) is 0 Å². The number of hydrogen-bond donors (Lipinski definition) is 1. The van der Waals surface area contributed by atoms with Crippen LogP contribution in [0, 0.1) is 0 Å². The Morgan fingerprint density at radius 3 is 2.81 bits per heavy atom. The first-order chi connectivity index (χ1) is 7.77. The van der Waals surface area contributed by atoms with Gasteiger partial charge in [0.1, 0.15) is 0 Å². The van der Waals surface area contributed by atoms with Crippen LogP contribution in [0.15, 0.2) is 24.5 Å². The third-order valence-electron chi connectivity index (χ3n) is 2.74. The smallest absolute Gasteiger partial charge is 0.0979 e. The lowest BCUT2D eigenvalue weighted by atomic mass is 10.1. The lowest BCUT2D eigenvalue weighted by Gasteiger charge is -2.24. The minimum absolute atomic E-state index is 0.0389. The van der Waals surface area contributed by atoms with Crippen molar-refractivity contribution in [2.45, 2.75) is 31.6 Å². The Morgan fingerprint density at radius 2 is 2.25 bits per heavy atom. The average Bonchev–Trinajstić information content (AvgIpc) is 2.79. The van der Waals surface area contributed by atoms with E-state index in [2.05, 4.69) is 4.98 Å². The van der Waals surface area contributed by atoms with Crippen molar-refractivity contribution in [1.82, 2.24) is 4.98 Å². The second kappa shape index (κ2) is 5.39. The molecule has 0 radical (unpaired) electrons. The third kappa shape index (κ3) is 2.78. The average molecular weight is 222 g/mol. The summed E-state index contributed by atoms with van der Waals surface area (Å²) >= 11 is 0. The minimum Gasteiger partial charge on any atom is -0.379 e. The molecule has 2 heterocycles. The molecule has 3 atom stereocenters. The number of pyridine rings is 1. The van der Waals surface area contributed by atoms with E-state index in [1.165, 1.54) is 0 Å². The van der Waals surface area contributed by atoms with Crippen LogP contribution in [0.1, 0.15) is 25.0 Å². The Kier molecular flexibility index (Phi) is 3.88. The summed E-state index contributed by atoms with van der Waals surface area (Å²) in [5.74, 6) is 0. The van der Waals surface area contributed by atoms with E-state index in [1.54, 1.807) is 12.4 Å². The Balaban J connectivity index is 2.05. The summed E-state index contributed by atoms with van der Waals surface area (Å²) in [5, 5.41) is 0. The molecule has 4 heteroatoms. The number of nitrogens with two attached hydrogens (primary N) is 1. The highest BCUT2D eigenvalue weighted by molar-refractivity contribution is 5.15. The van der Waals surface area contributed by atoms with Crippen LogP contribution < -0.4 is 5.73 Å². The SMILES string of the molecule is CC(N)C(OC1CCOC1)c1ccncc1. The lowest BCUT2D eigenvalue weighted by molar-refractivity contribution is -0.0269. The van der Waals surface area contributed by atoms with Crippen molar-refractivity contribution in [2.24, 2.45) is 5.73 Å². The highest BCUT2D eigenvalue weighted by Crippen LogP contribution is 2.24. The van der Waals surface area contributed by atoms with E-state index in [1.807, 2.05) is 19.1 Å². The summed E-state index contributed by atoms with van der Waals surface area (Å²) in [6.07, 6.45) is 4.58. The molecule has 88 valence electrons. The fourth-order valence-electron chi connectivity index (χ4n) is 1.89. The van der Waals surface area contributed by atoms with Crippen LogP contribution in [0.4, 0.5) is 0 Å². The van der Waals surface area contributed by atoms with E-state index in [4.69, 9.17) is 15.2 Å². The van der Waals surface area contributed by atoms with Crippen LogP contribution in [0.5, 0.6) is 0 Å². The van der Waals surface area contributed by atoms with Crippen LogP contribution in [0.2, 0.25) is 0 Å². The fraction of sp³-hybridized carbons (Fsp3) is 0.583. The van der Waals surface area contributed by atoms with Crippen molar-refractivity contribution in [3.05, 3.63) is 30.1 Å². The topological polar surface area (TPSA) is 57.4 Å². The monoisotopic (exact) mass is 222 g/mol. The lowest BCUT2D eigenvalue weighted by Crippen LogP contribution is -2.30. The number of ether oxygens (including phenoxy) is 2. The summed E-state index contributed by atoms with van der Waals surface area (Å²) in [6, 6.07) is 3.86. The van der Waals surface area contributed by atoms with E-state index in [0.717, 1.165) is 18.6 Å². The van der Waals surface area contributed by atoms with Crippen LogP contribution in [-0.2, 0) is 9.47 Å². The van der Waals surface area contributed by atoms with Gasteiger partial charge in [-0.05, 0) is 31.0 Å². The molecule has 0 aliphatic carbocycles. The quantitative estimate of drug-likeness (QED) is 0.833. The zero-order chi connectivity index (χ0) is 11.4. The summed E-state index contributed by atoms with van der Waals surface area (Å²) in [7, 11) is 0. The first kappa shape index (κ1) is 11.5. The van der Waals surface area contributed by atoms with Gasteiger partial charge in [0.05, 0.1) is 18.8 Å². The van der Waals surface area contributed by atoms with Gasteiger partial charge in [-0.25, -0.2) is 0 Å². The number of rotatable bonds is 4. The van der Waals surface area contributed by atoms with Crippen molar-refractivity contribution < 1.29 is 9.47 Å². The molecule has 1 aliphatic heterocycles. The summed E-state index contributed by atoms with van der Waals surface area (Å²) in [4.78, 5) is 4.00. The Bertz CT molecular complexity index is 310. The predicted octanol–water partition coefficient (Wildman–Crippen LogP) is 1.28. The number of hydrogen-bond acceptors (Lipinski definition) is 4. The van der Waals surface area contributed by atoms with Gasteiger partial charge in [-0.2, -0.15) is 0 Å². The molecule has 0 bridgehead atoms. The second-order valence-corrected chi connectivity index (χ2v) is 4.18. The molecule has 0 aromatic carbocycles. The van der Waals surface area contributed by atoms with Gasteiger partial charge < -0.3 is 15.2 Å². The molecular formula is C12H18N2O2. The van der Waals surface area contributed by atoms with Crippen LogP contribution in [0.3, 0.4) is 0 Å². The molecule has 2 rings (SSSR count). The minimum atomic E-state index is -0.0744. The maximum Gasteiger partial charge on any atom is 0.0979 e. The van der Waals surface area contributed by atoms with Crippen molar-refractivity contribution >= 4 is 0 Å². The number of nitrogens with zero attached hydrogens (tertiary/aromatic N) is 1. The van der Waals surface area contributed by atoms with Gasteiger partial charge in [-0.15, -0.1) is 0 Å². The predicted molar refractivity (Wildman–Crippen MR) is 60.9 cm³/mol. The summed E-state index contributed by atoms with van der Waals surface area (Å²) in [6.45, 7) is 3.42. The maximum atomic E-state index is 5.98. The van der Waals surface area contributed by atoms with Crippen LogP contribution in [0.25, 0.3) is 0 Å². The van der Waals surface area contributed by atoms with Gasteiger partial charge in [-0.3, -0.25) is 4.98 Å². The third-order valence-corrected chi connectivity index (χ3v) is 2.74. The van der Waals surface area contributed by atoms with E-state index >= 15 is 0 Å². The van der Waals surface area contributed by atoms with Gasteiger partial charge in [0.2, 0.25) is 0 Å². The molecule has 1 fully saturated rings. The second-order valence-electron chi connectivity index (χ2n) is 4.18. The molecule has 1 saturated heterocycles.